The molecular weight excluding hydrogens is 438 g/mol. The van der Waals surface area contributed by atoms with Crippen molar-refractivity contribution in [2.45, 2.75) is 13.5 Å². The highest BCUT2D eigenvalue weighted by Gasteiger charge is 2.17. The van der Waals surface area contributed by atoms with Gasteiger partial charge in [-0.1, -0.05) is 18.2 Å². The summed E-state index contributed by atoms with van der Waals surface area (Å²) in [5.41, 5.74) is 1.90. The lowest BCUT2D eigenvalue weighted by molar-refractivity contribution is -0.991. The van der Waals surface area contributed by atoms with Gasteiger partial charge in [0, 0.05) is 40.1 Å². The van der Waals surface area contributed by atoms with E-state index in [1.807, 2.05) is 12.1 Å². The Morgan fingerprint density at radius 3 is 2.47 bits per heavy atom. The summed E-state index contributed by atoms with van der Waals surface area (Å²) in [7, 11) is 0. The van der Waals surface area contributed by atoms with Crippen LogP contribution >= 0.6 is 0 Å². The SMILES string of the molecule is Cc1c(OCc2ccc([NH+]([O-])O)cc2)ccc2c(-c3cc4ccccc4oc3=O)cc(=O)oc12. The van der Waals surface area contributed by atoms with Gasteiger partial charge in [-0.05, 0) is 48.9 Å². The van der Waals surface area contributed by atoms with Gasteiger partial charge in [0.25, 0.3) is 0 Å². The summed E-state index contributed by atoms with van der Waals surface area (Å²) in [5, 5.41) is 20.4. The molecule has 170 valence electrons. The summed E-state index contributed by atoms with van der Waals surface area (Å²) < 4.78 is 16.8. The van der Waals surface area contributed by atoms with Crippen LogP contribution in [0.25, 0.3) is 33.1 Å². The molecule has 0 aliphatic rings. The van der Waals surface area contributed by atoms with Crippen molar-refractivity contribution < 1.29 is 24.0 Å². The number of hydrogen-bond acceptors (Lipinski definition) is 7. The Morgan fingerprint density at radius 1 is 0.941 bits per heavy atom. The first-order chi connectivity index (χ1) is 16.4. The summed E-state index contributed by atoms with van der Waals surface area (Å²) >= 11 is 0. The Balaban J connectivity index is 1.54. The molecule has 0 saturated carbocycles. The predicted octanol–water partition coefficient (Wildman–Crippen LogP) is 3.86. The molecule has 2 heterocycles. The second kappa shape index (κ2) is 8.60. The molecule has 34 heavy (non-hydrogen) atoms. The van der Waals surface area contributed by atoms with Crippen molar-refractivity contribution in [3.8, 4) is 16.9 Å². The average Bonchev–Trinajstić information content (AvgIpc) is 2.83. The molecule has 0 fully saturated rings. The molecule has 0 saturated heterocycles. The molecule has 2 aromatic heterocycles. The molecular formula is C26H19NO7. The van der Waals surface area contributed by atoms with Gasteiger partial charge < -0.3 is 18.8 Å². The number of para-hydroxylation sites is 1. The molecule has 0 aliphatic heterocycles. The summed E-state index contributed by atoms with van der Waals surface area (Å²) in [5.74, 6) is 0.501. The van der Waals surface area contributed by atoms with Gasteiger partial charge in [-0.2, -0.15) is 5.23 Å². The third-order valence-corrected chi connectivity index (χ3v) is 5.64. The van der Waals surface area contributed by atoms with Gasteiger partial charge in [0.2, 0.25) is 0 Å². The first-order valence-corrected chi connectivity index (χ1v) is 10.5. The van der Waals surface area contributed by atoms with E-state index in [1.54, 1.807) is 49.4 Å². The van der Waals surface area contributed by atoms with Crippen molar-refractivity contribution in [2.75, 3.05) is 0 Å². The van der Waals surface area contributed by atoms with E-state index in [9.17, 15) is 14.8 Å². The summed E-state index contributed by atoms with van der Waals surface area (Å²) in [4.78, 5) is 25.1. The standard InChI is InChI=1S/C26H19NO7/c1-15-22(32-14-16-6-8-18(9-7-16)27(30)31)11-10-19-20(13-24(28)34-25(15)19)21-12-17-4-2-3-5-23(17)33-26(21)29/h2-13,27,30H,14H2,1H3. The maximum atomic E-state index is 12.7. The minimum absolute atomic E-state index is 0.193. The number of benzene rings is 3. The second-order valence-electron chi connectivity index (χ2n) is 7.82. The monoisotopic (exact) mass is 457 g/mol. The van der Waals surface area contributed by atoms with Crippen molar-refractivity contribution in [3.63, 3.8) is 0 Å². The Bertz CT molecular complexity index is 1630. The topological polar surface area (TPSA) is 117 Å². The summed E-state index contributed by atoms with van der Waals surface area (Å²) in [6.07, 6.45) is 0. The van der Waals surface area contributed by atoms with Gasteiger partial charge in [0.1, 0.15) is 23.5 Å². The molecule has 8 nitrogen and oxygen atoms in total. The molecule has 0 amide bonds. The zero-order valence-electron chi connectivity index (χ0n) is 18.0. The van der Waals surface area contributed by atoms with Crippen LogP contribution in [0.1, 0.15) is 11.1 Å². The minimum atomic E-state index is -0.996. The number of hydrogen-bond donors (Lipinski definition) is 2. The number of rotatable bonds is 5. The van der Waals surface area contributed by atoms with Gasteiger partial charge in [-0.3, -0.25) is 0 Å². The lowest BCUT2D eigenvalue weighted by Crippen LogP contribution is -2.99. The Labute approximate surface area is 192 Å². The van der Waals surface area contributed by atoms with Crippen LogP contribution in [-0.2, 0) is 6.61 Å². The largest absolute Gasteiger partial charge is 0.595 e. The smallest absolute Gasteiger partial charge is 0.344 e. The van der Waals surface area contributed by atoms with Gasteiger partial charge in [-0.25, -0.2) is 14.8 Å². The molecule has 0 spiro atoms. The molecule has 0 aliphatic carbocycles. The zero-order chi connectivity index (χ0) is 23.8. The van der Waals surface area contributed by atoms with Crippen molar-refractivity contribution in [1.29, 1.82) is 0 Å². The van der Waals surface area contributed by atoms with E-state index in [4.69, 9.17) is 18.8 Å². The maximum Gasteiger partial charge on any atom is 0.344 e. The van der Waals surface area contributed by atoms with Gasteiger partial charge in [-0.15, -0.1) is 0 Å². The lowest BCUT2D eigenvalue weighted by atomic mass is 10.0. The van der Waals surface area contributed by atoms with E-state index >= 15 is 0 Å². The highest BCUT2D eigenvalue weighted by molar-refractivity contribution is 5.96. The highest BCUT2D eigenvalue weighted by Crippen LogP contribution is 2.33. The van der Waals surface area contributed by atoms with Crippen LogP contribution in [0.4, 0.5) is 5.69 Å². The van der Waals surface area contributed by atoms with Crippen molar-refractivity contribution >= 4 is 27.6 Å². The molecule has 0 bridgehead atoms. The van der Waals surface area contributed by atoms with E-state index in [2.05, 4.69) is 0 Å². The quantitative estimate of drug-likeness (QED) is 0.304. The predicted molar refractivity (Wildman–Crippen MR) is 125 cm³/mol. The minimum Gasteiger partial charge on any atom is -0.595 e. The van der Waals surface area contributed by atoms with Gasteiger partial charge in [0.15, 0.2) is 5.69 Å². The zero-order valence-corrected chi connectivity index (χ0v) is 18.0. The third kappa shape index (κ3) is 3.97. The van der Waals surface area contributed by atoms with Crippen LogP contribution in [-0.4, -0.2) is 5.21 Å². The van der Waals surface area contributed by atoms with Crippen LogP contribution in [0, 0.1) is 12.1 Å². The van der Waals surface area contributed by atoms with Crippen LogP contribution in [0.5, 0.6) is 5.75 Å². The van der Waals surface area contributed by atoms with E-state index in [0.29, 0.717) is 33.4 Å². The molecule has 3 aromatic carbocycles. The van der Waals surface area contributed by atoms with E-state index < -0.39 is 16.5 Å². The van der Waals surface area contributed by atoms with Crippen LogP contribution in [0.3, 0.4) is 0 Å². The molecule has 8 heteroatoms. The van der Waals surface area contributed by atoms with E-state index in [1.165, 1.54) is 18.2 Å². The Kier molecular flexibility index (Phi) is 5.46. The lowest BCUT2D eigenvalue weighted by Gasteiger charge is -2.14. The van der Waals surface area contributed by atoms with Crippen molar-refractivity contribution in [3.05, 3.63) is 110 Å². The van der Waals surface area contributed by atoms with Crippen LogP contribution < -0.4 is 21.2 Å². The van der Waals surface area contributed by atoms with Crippen LogP contribution in [0.2, 0.25) is 0 Å². The third-order valence-electron chi connectivity index (χ3n) is 5.64. The van der Waals surface area contributed by atoms with Gasteiger partial charge >= 0.3 is 11.3 Å². The number of nitrogens with one attached hydrogen (secondary N) is 1. The molecule has 5 aromatic rings. The van der Waals surface area contributed by atoms with Crippen molar-refractivity contribution in [2.24, 2.45) is 0 Å². The normalized spacial score (nSPS) is 12.2. The fourth-order valence-corrected chi connectivity index (χ4v) is 3.88. The average molecular weight is 457 g/mol. The van der Waals surface area contributed by atoms with E-state index in [-0.39, 0.29) is 17.9 Å². The number of quaternary nitrogens is 1. The highest BCUT2D eigenvalue weighted by atomic mass is 16.8. The molecule has 5 rings (SSSR count). The first kappa shape index (κ1) is 21.6. The second-order valence-corrected chi connectivity index (χ2v) is 7.82. The fourth-order valence-electron chi connectivity index (χ4n) is 3.88. The maximum absolute atomic E-state index is 12.7. The van der Waals surface area contributed by atoms with Crippen LogP contribution in [0.15, 0.2) is 91.2 Å². The summed E-state index contributed by atoms with van der Waals surface area (Å²) in [6.45, 7) is 1.96. The Hall–Kier alpha value is -4.24. The molecule has 2 N–H and O–H groups in total. The van der Waals surface area contributed by atoms with Crippen molar-refractivity contribution in [1.82, 2.24) is 0 Å². The molecule has 0 radical (unpaired) electrons. The molecule has 1 unspecified atom stereocenters. The number of aryl methyl sites for hydroxylation is 1. The molecule has 1 atom stereocenters. The Morgan fingerprint density at radius 2 is 1.71 bits per heavy atom. The summed E-state index contributed by atoms with van der Waals surface area (Å²) in [6, 6.07) is 20.0. The first-order valence-electron chi connectivity index (χ1n) is 10.5. The fraction of sp³-hybridized carbons (Fsp3) is 0.0769. The number of ether oxygens (including phenoxy) is 1. The number of fused-ring (bicyclic) bond motifs is 2. The van der Waals surface area contributed by atoms with Gasteiger partial charge in [0.05, 0.1) is 5.56 Å². The van der Waals surface area contributed by atoms with E-state index in [0.717, 1.165) is 10.9 Å².